The number of phenolic OH excluding ortho intramolecular Hbond substituents is 1. The number of benzene rings is 1. The summed E-state index contributed by atoms with van der Waals surface area (Å²) >= 11 is 0. The van der Waals surface area contributed by atoms with E-state index in [1.54, 1.807) is 6.07 Å². The Hall–Kier alpha value is -1.28. The van der Waals surface area contributed by atoms with Gasteiger partial charge in [0.25, 0.3) is 0 Å². The highest BCUT2D eigenvalue weighted by molar-refractivity contribution is 5.59. The van der Waals surface area contributed by atoms with Gasteiger partial charge >= 0.3 is 0 Å². The molecule has 0 spiro atoms. The van der Waals surface area contributed by atoms with E-state index in [1.807, 2.05) is 12.1 Å². The monoisotopic (exact) mass is 189 g/mol. The van der Waals surface area contributed by atoms with Crippen molar-refractivity contribution in [1.29, 1.82) is 0 Å². The molecule has 0 radical (unpaired) electrons. The van der Waals surface area contributed by atoms with Crippen LogP contribution in [0.25, 0.3) is 6.08 Å². The van der Waals surface area contributed by atoms with Crippen LogP contribution in [0.2, 0.25) is 0 Å². The summed E-state index contributed by atoms with van der Waals surface area (Å²) in [6.07, 6.45) is 4.79. The van der Waals surface area contributed by atoms with Gasteiger partial charge in [-0.3, -0.25) is 0 Å². The minimum Gasteiger partial charge on any atom is -0.508 e. The molecular weight excluding hydrogens is 174 g/mol. The van der Waals surface area contributed by atoms with Crippen LogP contribution in [0.15, 0.2) is 18.7 Å². The summed E-state index contributed by atoms with van der Waals surface area (Å²) in [6.45, 7) is 3.77. The van der Waals surface area contributed by atoms with Gasteiger partial charge in [0.2, 0.25) is 0 Å². The Kier molecular flexibility index (Phi) is 2.30. The Morgan fingerprint density at radius 2 is 2.29 bits per heavy atom. The van der Waals surface area contributed by atoms with Gasteiger partial charge in [-0.15, -0.1) is 0 Å². The van der Waals surface area contributed by atoms with E-state index in [2.05, 4.69) is 6.58 Å². The number of phenols is 1. The summed E-state index contributed by atoms with van der Waals surface area (Å²) < 4.78 is 0. The fourth-order valence-corrected chi connectivity index (χ4v) is 2.19. The van der Waals surface area contributed by atoms with E-state index in [4.69, 9.17) is 5.73 Å². The number of aromatic hydroxyl groups is 1. The maximum atomic E-state index is 9.70. The summed E-state index contributed by atoms with van der Waals surface area (Å²) in [5, 5.41) is 9.70. The van der Waals surface area contributed by atoms with E-state index >= 15 is 0 Å². The number of fused-ring (bicyclic) bond motifs is 1. The Labute approximate surface area is 84.1 Å². The second kappa shape index (κ2) is 3.46. The van der Waals surface area contributed by atoms with Crippen LogP contribution in [0, 0.1) is 0 Å². The van der Waals surface area contributed by atoms with Crippen molar-refractivity contribution in [2.45, 2.75) is 25.3 Å². The lowest BCUT2D eigenvalue weighted by molar-refractivity contribution is 0.455. The molecule has 0 aliphatic heterocycles. The molecule has 0 bridgehead atoms. The minimum absolute atomic E-state index is 0.0545. The average Bonchev–Trinajstić information content (AvgIpc) is 2.20. The van der Waals surface area contributed by atoms with Crippen LogP contribution >= 0.6 is 0 Å². The van der Waals surface area contributed by atoms with Crippen LogP contribution in [0.4, 0.5) is 0 Å². The molecule has 74 valence electrons. The molecule has 0 fully saturated rings. The Balaban J connectivity index is 2.63. The first-order valence-corrected chi connectivity index (χ1v) is 4.97. The third kappa shape index (κ3) is 1.32. The molecule has 2 rings (SSSR count). The largest absolute Gasteiger partial charge is 0.508 e. The molecule has 1 aromatic carbocycles. The zero-order chi connectivity index (χ0) is 10.1. The van der Waals surface area contributed by atoms with Gasteiger partial charge in [-0.1, -0.05) is 18.7 Å². The van der Waals surface area contributed by atoms with Crippen molar-refractivity contribution in [2.24, 2.45) is 5.73 Å². The molecule has 3 N–H and O–H groups in total. The summed E-state index contributed by atoms with van der Waals surface area (Å²) in [5.41, 5.74) is 9.20. The van der Waals surface area contributed by atoms with E-state index < -0.39 is 0 Å². The molecule has 2 nitrogen and oxygen atoms in total. The van der Waals surface area contributed by atoms with E-state index in [-0.39, 0.29) is 6.04 Å². The molecule has 1 aliphatic rings. The maximum Gasteiger partial charge on any atom is 0.119 e. The fourth-order valence-electron chi connectivity index (χ4n) is 2.19. The van der Waals surface area contributed by atoms with Crippen molar-refractivity contribution in [3.63, 3.8) is 0 Å². The van der Waals surface area contributed by atoms with Gasteiger partial charge in [0.15, 0.2) is 0 Å². The Morgan fingerprint density at radius 1 is 1.50 bits per heavy atom. The molecule has 0 saturated heterocycles. The lowest BCUT2D eigenvalue weighted by atomic mass is 9.84. The van der Waals surface area contributed by atoms with Crippen LogP contribution in [0.3, 0.4) is 0 Å². The minimum atomic E-state index is 0.0545. The molecule has 0 aromatic heterocycles. The first kappa shape index (κ1) is 9.28. The average molecular weight is 189 g/mol. The zero-order valence-corrected chi connectivity index (χ0v) is 8.16. The summed E-state index contributed by atoms with van der Waals surface area (Å²) in [4.78, 5) is 0. The summed E-state index contributed by atoms with van der Waals surface area (Å²) in [7, 11) is 0. The molecule has 0 saturated carbocycles. The van der Waals surface area contributed by atoms with E-state index in [9.17, 15) is 5.11 Å². The van der Waals surface area contributed by atoms with Crippen LogP contribution in [-0.2, 0) is 6.42 Å². The highest BCUT2D eigenvalue weighted by Crippen LogP contribution is 2.36. The Morgan fingerprint density at radius 3 is 3.00 bits per heavy atom. The van der Waals surface area contributed by atoms with Crippen LogP contribution in [-0.4, -0.2) is 5.11 Å². The predicted octanol–water partition coefficient (Wildman–Crippen LogP) is 2.37. The van der Waals surface area contributed by atoms with Crippen molar-refractivity contribution in [1.82, 2.24) is 0 Å². The van der Waals surface area contributed by atoms with Crippen molar-refractivity contribution in [3.8, 4) is 5.75 Å². The molecule has 1 atom stereocenters. The predicted molar refractivity (Wildman–Crippen MR) is 58.1 cm³/mol. The van der Waals surface area contributed by atoms with Gasteiger partial charge in [0.05, 0.1) is 0 Å². The summed E-state index contributed by atoms with van der Waals surface area (Å²) in [5.74, 6) is 0.376. The lowest BCUT2D eigenvalue weighted by Gasteiger charge is -2.24. The smallest absolute Gasteiger partial charge is 0.119 e. The topological polar surface area (TPSA) is 46.2 Å². The van der Waals surface area contributed by atoms with Crippen LogP contribution < -0.4 is 5.73 Å². The lowest BCUT2D eigenvalue weighted by Crippen LogP contribution is -2.18. The molecule has 1 unspecified atom stereocenters. The van der Waals surface area contributed by atoms with Gasteiger partial charge in [0, 0.05) is 6.04 Å². The van der Waals surface area contributed by atoms with Gasteiger partial charge in [-0.05, 0) is 42.0 Å². The van der Waals surface area contributed by atoms with Crippen molar-refractivity contribution in [3.05, 3.63) is 35.4 Å². The molecule has 0 amide bonds. The van der Waals surface area contributed by atoms with Crippen molar-refractivity contribution >= 4 is 6.08 Å². The van der Waals surface area contributed by atoms with Crippen molar-refractivity contribution in [2.75, 3.05) is 0 Å². The Bertz CT molecular complexity index is 371. The number of hydrogen-bond acceptors (Lipinski definition) is 2. The molecular formula is C12H15NO. The van der Waals surface area contributed by atoms with E-state index in [0.29, 0.717) is 5.75 Å². The highest BCUT2D eigenvalue weighted by atomic mass is 16.3. The van der Waals surface area contributed by atoms with E-state index in [0.717, 1.165) is 36.0 Å². The second-order valence-electron chi connectivity index (χ2n) is 3.77. The van der Waals surface area contributed by atoms with Crippen molar-refractivity contribution < 1.29 is 5.11 Å². The quantitative estimate of drug-likeness (QED) is 0.712. The SMILES string of the molecule is C=Cc1ccc(O)c2c1C(N)CCC2. The third-order valence-corrected chi connectivity index (χ3v) is 2.90. The fraction of sp³-hybridized carbons (Fsp3) is 0.333. The first-order valence-electron chi connectivity index (χ1n) is 4.97. The number of hydrogen-bond donors (Lipinski definition) is 2. The molecule has 0 heterocycles. The summed E-state index contributed by atoms with van der Waals surface area (Å²) in [6, 6.07) is 3.67. The van der Waals surface area contributed by atoms with E-state index in [1.165, 1.54) is 0 Å². The third-order valence-electron chi connectivity index (χ3n) is 2.90. The van der Waals surface area contributed by atoms with Gasteiger partial charge in [0.1, 0.15) is 5.75 Å². The maximum absolute atomic E-state index is 9.70. The van der Waals surface area contributed by atoms with Gasteiger partial charge in [-0.2, -0.15) is 0 Å². The molecule has 2 heteroatoms. The second-order valence-corrected chi connectivity index (χ2v) is 3.77. The van der Waals surface area contributed by atoms with Crippen LogP contribution in [0.5, 0.6) is 5.75 Å². The highest BCUT2D eigenvalue weighted by Gasteiger charge is 2.21. The standard InChI is InChI=1S/C12H15NO/c1-2-8-6-7-11(14)9-4-3-5-10(13)12(8)9/h2,6-7,10,14H,1,3-5,13H2. The van der Waals surface area contributed by atoms with Crippen LogP contribution in [0.1, 0.15) is 35.6 Å². The molecule has 1 aromatic rings. The zero-order valence-electron chi connectivity index (χ0n) is 8.16. The molecule has 14 heavy (non-hydrogen) atoms. The number of nitrogens with two attached hydrogens (primary N) is 1. The molecule has 1 aliphatic carbocycles. The number of rotatable bonds is 1. The normalized spacial score (nSPS) is 20.2. The van der Waals surface area contributed by atoms with Gasteiger partial charge < -0.3 is 10.8 Å². The van der Waals surface area contributed by atoms with Gasteiger partial charge in [-0.25, -0.2) is 0 Å². The first-order chi connectivity index (χ1) is 6.74.